The zero-order valence-electron chi connectivity index (χ0n) is 9.81. The Labute approximate surface area is 96.8 Å². The second-order valence-corrected chi connectivity index (χ2v) is 3.65. The molecule has 88 valence electrons. The quantitative estimate of drug-likeness (QED) is 0.718. The SMILES string of the molecule is COc1ccccc1/C=C/CNC[C@@H](C)O. The first-order valence-electron chi connectivity index (χ1n) is 5.42. The molecular weight excluding hydrogens is 202 g/mol. The van der Waals surface area contributed by atoms with E-state index in [1.54, 1.807) is 14.0 Å². The van der Waals surface area contributed by atoms with Crippen molar-refractivity contribution >= 4 is 6.08 Å². The molecule has 0 spiro atoms. The summed E-state index contributed by atoms with van der Waals surface area (Å²) >= 11 is 0. The average Bonchev–Trinajstić information content (AvgIpc) is 2.29. The van der Waals surface area contributed by atoms with Crippen LogP contribution in [0.4, 0.5) is 0 Å². The number of aliphatic hydroxyl groups excluding tert-OH is 1. The molecule has 0 saturated heterocycles. The maximum absolute atomic E-state index is 9.04. The van der Waals surface area contributed by atoms with Crippen LogP contribution in [0.25, 0.3) is 6.08 Å². The molecular formula is C13H19NO2. The number of hydrogen-bond acceptors (Lipinski definition) is 3. The molecule has 3 nitrogen and oxygen atoms in total. The van der Waals surface area contributed by atoms with Crippen LogP contribution in [0.2, 0.25) is 0 Å². The van der Waals surface area contributed by atoms with Crippen molar-refractivity contribution in [3.05, 3.63) is 35.9 Å². The summed E-state index contributed by atoms with van der Waals surface area (Å²) in [5.74, 6) is 0.870. The highest BCUT2D eigenvalue weighted by Crippen LogP contribution is 2.18. The molecule has 1 aromatic rings. The Kier molecular flexibility index (Phi) is 5.61. The van der Waals surface area contributed by atoms with Crippen molar-refractivity contribution in [1.29, 1.82) is 0 Å². The first-order chi connectivity index (χ1) is 7.74. The van der Waals surface area contributed by atoms with E-state index in [4.69, 9.17) is 9.84 Å². The molecule has 1 rings (SSSR count). The predicted octanol–water partition coefficient (Wildman–Crippen LogP) is 1.68. The molecule has 0 aliphatic carbocycles. The van der Waals surface area contributed by atoms with Gasteiger partial charge in [0, 0.05) is 18.7 Å². The minimum Gasteiger partial charge on any atom is -0.496 e. The number of nitrogens with one attached hydrogen (secondary N) is 1. The molecule has 0 fully saturated rings. The number of rotatable bonds is 6. The molecule has 16 heavy (non-hydrogen) atoms. The fourth-order valence-corrected chi connectivity index (χ4v) is 1.37. The zero-order chi connectivity index (χ0) is 11.8. The van der Waals surface area contributed by atoms with Gasteiger partial charge in [0.2, 0.25) is 0 Å². The van der Waals surface area contributed by atoms with Crippen molar-refractivity contribution in [3.63, 3.8) is 0 Å². The smallest absolute Gasteiger partial charge is 0.126 e. The standard InChI is InChI=1S/C13H19NO2/c1-11(15)10-14-9-5-7-12-6-3-4-8-13(12)16-2/h3-8,11,14-15H,9-10H2,1-2H3/b7-5+/t11-/m1/s1. The van der Waals surface area contributed by atoms with Gasteiger partial charge in [-0.1, -0.05) is 30.4 Å². The highest BCUT2D eigenvalue weighted by Gasteiger charge is 1.96. The molecule has 0 bridgehead atoms. The highest BCUT2D eigenvalue weighted by molar-refractivity contribution is 5.57. The maximum atomic E-state index is 9.04. The molecule has 0 unspecified atom stereocenters. The second-order valence-electron chi connectivity index (χ2n) is 3.65. The van der Waals surface area contributed by atoms with Crippen molar-refractivity contribution in [3.8, 4) is 5.75 Å². The van der Waals surface area contributed by atoms with E-state index in [2.05, 4.69) is 5.32 Å². The highest BCUT2D eigenvalue weighted by atomic mass is 16.5. The molecule has 0 saturated carbocycles. The zero-order valence-corrected chi connectivity index (χ0v) is 9.81. The fourth-order valence-electron chi connectivity index (χ4n) is 1.37. The Bertz CT molecular complexity index is 334. The average molecular weight is 221 g/mol. The Morgan fingerprint density at radius 1 is 1.44 bits per heavy atom. The lowest BCUT2D eigenvalue weighted by Crippen LogP contribution is -2.24. The summed E-state index contributed by atoms with van der Waals surface area (Å²) in [5, 5.41) is 12.2. The first kappa shape index (κ1) is 12.7. The minimum absolute atomic E-state index is 0.306. The topological polar surface area (TPSA) is 41.5 Å². The molecule has 0 amide bonds. The van der Waals surface area contributed by atoms with Gasteiger partial charge >= 0.3 is 0 Å². The van der Waals surface area contributed by atoms with Gasteiger partial charge in [-0.15, -0.1) is 0 Å². The van der Waals surface area contributed by atoms with Gasteiger partial charge in [-0.25, -0.2) is 0 Å². The Morgan fingerprint density at radius 2 is 2.19 bits per heavy atom. The van der Waals surface area contributed by atoms with E-state index in [0.29, 0.717) is 6.54 Å². The van der Waals surface area contributed by atoms with Gasteiger partial charge in [-0.05, 0) is 13.0 Å². The summed E-state index contributed by atoms with van der Waals surface area (Å²) in [6.45, 7) is 3.11. The van der Waals surface area contributed by atoms with E-state index in [-0.39, 0.29) is 6.10 Å². The van der Waals surface area contributed by atoms with E-state index in [1.807, 2.05) is 36.4 Å². The Morgan fingerprint density at radius 3 is 2.88 bits per heavy atom. The summed E-state index contributed by atoms with van der Waals surface area (Å²) in [6, 6.07) is 7.86. The van der Waals surface area contributed by atoms with Crippen LogP contribution < -0.4 is 10.1 Å². The second kappa shape index (κ2) is 7.04. The summed E-state index contributed by atoms with van der Waals surface area (Å²) < 4.78 is 5.23. The molecule has 1 atom stereocenters. The van der Waals surface area contributed by atoms with Crippen LogP contribution in [0.3, 0.4) is 0 Å². The van der Waals surface area contributed by atoms with Gasteiger partial charge < -0.3 is 15.2 Å². The monoisotopic (exact) mass is 221 g/mol. The largest absolute Gasteiger partial charge is 0.496 e. The molecule has 0 heterocycles. The number of hydrogen-bond donors (Lipinski definition) is 2. The molecule has 0 aromatic heterocycles. The summed E-state index contributed by atoms with van der Waals surface area (Å²) in [4.78, 5) is 0. The number of ether oxygens (including phenoxy) is 1. The molecule has 0 aliphatic rings. The third-order valence-corrected chi connectivity index (χ3v) is 2.14. The van der Waals surface area contributed by atoms with Gasteiger partial charge in [0.15, 0.2) is 0 Å². The lowest BCUT2D eigenvalue weighted by molar-refractivity contribution is 0.193. The van der Waals surface area contributed by atoms with Crippen LogP contribution in [0.1, 0.15) is 12.5 Å². The van der Waals surface area contributed by atoms with Crippen LogP contribution in [0.15, 0.2) is 30.3 Å². The summed E-state index contributed by atoms with van der Waals surface area (Å²) in [5.41, 5.74) is 1.06. The van der Waals surface area contributed by atoms with Gasteiger partial charge in [-0.2, -0.15) is 0 Å². The molecule has 0 radical (unpaired) electrons. The molecule has 1 aromatic carbocycles. The molecule has 3 heteroatoms. The number of aliphatic hydroxyl groups is 1. The summed E-state index contributed by atoms with van der Waals surface area (Å²) in [7, 11) is 1.67. The van der Waals surface area contributed by atoms with E-state index in [0.717, 1.165) is 17.9 Å². The van der Waals surface area contributed by atoms with E-state index >= 15 is 0 Å². The molecule has 2 N–H and O–H groups in total. The van der Waals surface area contributed by atoms with Crippen LogP contribution in [-0.2, 0) is 0 Å². The van der Waals surface area contributed by atoms with E-state index in [9.17, 15) is 0 Å². The third-order valence-electron chi connectivity index (χ3n) is 2.14. The van der Waals surface area contributed by atoms with Crippen molar-refractivity contribution in [1.82, 2.24) is 5.32 Å². The van der Waals surface area contributed by atoms with Crippen LogP contribution in [0, 0.1) is 0 Å². The first-order valence-corrected chi connectivity index (χ1v) is 5.42. The van der Waals surface area contributed by atoms with Crippen molar-refractivity contribution in [2.45, 2.75) is 13.0 Å². The number of methoxy groups -OCH3 is 1. The fraction of sp³-hybridized carbons (Fsp3) is 0.385. The lowest BCUT2D eigenvalue weighted by Gasteiger charge is -2.05. The lowest BCUT2D eigenvalue weighted by atomic mass is 10.2. The van der Waals surface area contributed by atoms with Gasteiger partial charge in [0.1, 0.15) is 5.75 Å². The Balaban J connectivity index is 2.43. The van der Waals surface area contributed by atoms with Crippen LogP contribution in [0.5, 0.6) is 5.75 Å². The van der Waals surface area contributed by atoms with Gasteiger partial charge in [-0.3, -0.25) is 0 Å². The normalized spacial score (nSPS) is 12.9. The summed E-state index contributed by atoms with van der Waals surface area (Å²) in [6.07, 6.45) is 3.72. The van der Waals surface area contributed by atoms with Crippen molar-refractivity contribution in [2.24, 2.45) is 0 Å². The van der Waals surface area contributed by atoms with Crippen molar-refractivity contribution < 1.29 is 9.84 Å². The van der Waals surface area contributed by atoms with E-state index < -0.39 is 0 Å². The number of benzene rings is 1. The minimum atomic E-state index is -0.306. The molecule has 0 aliphatic heterocycles. The maximum Gasteiger partial charge on any atom is 0.126 e. The van der Waals surface area contributed by atoms with Crippen LogP contribution >= 0.6 is 0 Å². The third kappa shape index (κ3) is 4.47. The predicted molar refractivity (Wildman–Crippen MR) is 66.6 cm³/mol. The number of para-hydroxylation sites is 1. The van der Waals surface area contributed by atoms with E-state index in [1.165, 1.54) is 0 Å². The Hall–Kier alpha value is -1.32. The van der Waals surface area contributed by atoms with Gasteiger partial charge in [0.05, 0.1) is 13.2 Å². The van der Waals surface area contributed by atoms with Crippen molar-refractivity contribution in [2.75, 3.05) is 20.2 Å². The van der Waals surface area contributed by atoms with Crippen LogP contribution in [-0.4, -0.2) is 31.4 Å². The van der Waals surface area contributed by atoms with Gasteiger partial charge in [0.25, 0.3) is 0 Å².